The van der Waals surface area contributed by atoms with Gasteiger partial charge in [-0.3, -0.25) is 0 Å². The molecule has 0 spiro atoms. The fraction of sp³-hybridized carbons (Fsp3) is 0.571. The Bertz CT molecular complexity index is 457. The maximum atomic E-state index is 14.0. The van der Waals surface area contributed by atoms with Crippen molar-refractivity contribution in [3.63, 3.8) is 0 Å². The van der Waals surface area contributed by atoms with Gasteiger partial charge in [-0.25, -0.2) is 8.78 Å². The number of nitrogens with one attached hydrogen (secondary N) is 1. The molecule has 0 amide bonds. The van der Waals surface area contributed by atoms with Crippen molar-refractivity contribution in [3.8, 4) is 0 Å². The molecule has 2 fully saturated rings. The Labute approximate surface area is 110 Å². The van der Waals surface area contributed by atoms with Crippen LogP contribution < -0.4 is 5.32 Å². The van der Waals surface area contributed by atoms with Crippen LogP contribution in [0, 0.1) is 11.6 Å². The van der Waals surface area contributed by atoms with Crippen LogP contribution in [-0.4, -0.2) is 39.0 Å². The van der Waals surface area contributed by atoms with Gasteiger partial charge in [-0.05, 0) is 24.6 Å². The molecule has 0 radical (unpaired) electrons. The van der Waals surface area contributed by atoms with Gasteiger partial charge in [0.15, 0.2) is 0 Å². The molecule has 3 nitrogen and oxygen atoms in total. The van der Waals surface area contributed by atoms with E-state index in [4.69, 9.17) is 9.47 Å². The number of hydrogen-bond donors (Lipinski definition) is 1. The highest BCUT2D eigenvalue weighted by Crippen LogP contribution is 2.39. The Morgan fingerprint density at radius 3 is 2.79 bits per heavy atom. The zero-order valence-electron chi connectivity index (χ0n) is 10.6. The second kappa shape index (κ2) is 5.15. The van der Waals surface area contributed by atoms with E-state index in [2.05, 4.69) is 5.32 Å². The molecule has 1 aromatic rings. The first kappa shape index (κ1) is 13.0. The molecule has 1 atom stereocenters. The van der Waals surface area contributed by atoms with E-state index < -0.39 is 11.2 Å². The van der Waals surface area contributed by atoms with Crippen LogP contribution in [0.2, 0.25) is 0 Å². The van der Waals surface area contributed by atoms with Gasteiger partial charge >= 0.3 is 0 Å². The molecule has 0 bridgehead atoms. The number of ether oxygens (including phenoxy) is 2. The fourth-order valence-corrected chi connectivity index (χ4v) is 2.82. The molecule has 1 N–H and O–H groups in total. The predicted octanol–water partition coefficient (Wildman–Crippen LogP) is 1.61. The highest BCUT2D eigenvalue weighted by atomic mass is 19.1. The molecule has 0 aliphatic carbocycles. The lowest BCUT2D eigenvalue weighted by molar-refractivity contribution is -0.0955. The fourth-order valence-electron chi connectivity index (χ4n) is 2.82. The van der Waals surface area contributed by atoms with Crippen LogP contribution in [0.1, 0.15) is 12.0 Å². The Balaban J connectivity index is 1.83. The van der Waals surface area contributed by atoms with Crippen LogP contribution in [0.4, 0.5) is 8.78 Å². The van der Waals surface area contributed by atoms with Crippen molar-refractivity contribution in [2.75, 3.05) is 32.9 Å². The quantitative estimate of drug-likeness (QED) is 0.904. The average molecular weight is 269 g/mol. The minimum absolute atomic E-state index is 0.0281. The summed E-state index contributed by atoms with van der Waals surface area (Å²) >= 11 is 0. The largest absolute Gasteiger partial charge is 0.379 e. The first-order valence-electron chi connectivity index (χ1n) is 6.55. The standard InChI is InChI=1S/C14H17F2NO2/c15-10-1-2-13(16)12(5-10)14(8-18-9-14)6-11-7-17-3-4-19-11/h1-2,5,11,17H,3-4,6-9H2. The monoisotopic (exact) mass is 269 g/mol. The molecule has 19 heavy (non-hydrogen) atoms. The predicted molar refractivity (Wildman–Crippen MR) is 66.1 cm³/mol. The van der Waals surface area contributed by atoms with Gasteiger partial charge in [0.2, 0.25) is 0 Å². The topological polar surface area (TPSA) is 30.5 Å². The lowest BCUT2D eigenvalue weighted by atomic mass is 9.74. The maximum Gasteiger partial charge on any atom is 0.127 e. The molecule has 2 aliphatic rings. The lowest BCUT2D eigenvalue weighted by Gasteiger charge is -2.44. The minimum Gasteiger partial charge on any atom is -0.379 e. The molecular weight excluding hydrogens is 252 g/mol. The van der Waals surface area contributed by atoms with E-state index in [1.54, 1.807) is 0 Å². The summed E-state index contributed by atoms with van der Waals surface area (Å²) in [5.41, 5.74) is -0.0384. The summed E-state index contributed by atoms with van der Waals surface area (Å²) in [6, 6.07) is 3.61. The summed E-state index contributed by atoms with van der Waals surface area (Å²) in [5.74, 6) is -0.779. The molecule has 0 aromatic heterocycles. The Hall–Kier alpha value is -1.04. The van der Waals surface area contributed by atoms with Gasteiger partial charge in [-0.15, -0.1) is 0 Å². The number of hydrogen-bond acceptors (Lipinski definition) is 3. The van der Waals surface area contributed by atoms with Gasteiger partial charge in [0.05, 0.1) is 25.9 Å². The smallest absolute Gasteiger partial charge is 0.127 e. The molecule has 2 aliphatic heterocycles. The summed E-state index contributed by atoms with van der Waals surface area (Å²) in [5, 5.41) is 3.25. The molecule has 5 heteroatoms. The molecule has 104 valence electrons. The molecule has 2 saturated heterocycles. The van der Waals surface area contributed by atoms with E-state index in [1.165, 1.54) is 12.1 Å². The van der Waals surface area contributed by atoms with Crippen molar-refractivity contribution in [1.82, 2.24) is 5.32 Å². The van der Waals surface area contributed by atoms with Crippen molar-refractivity contribution in [2.45, 2.75) is 17.9 Å². The van der Waals surface area contributed by atoms with Gasteiger partial charge in [-0.1, -0.05) is 0 Å². The van der Waals surface area contributed by atoms with Crippen molar-refractivity contribution < 1.29 is 18.3 Å². The third-order valence-electron chi connectivity index (χ3n) is 3.88. The number of benzene rings is 1. The van der Waals surface area contributed by atoms with Crippen LogP contribution in [-0.2, 0) is 14.9 Å². The molecule has 1 aromatic carbocycles. The van der Waals surface area contributed by atoms with Crippen LogP contribution in [0.3, 0.4) is 0 Å². The van der Waals surface area contributed by atoms with E-state index in [0.29, 0.717) is 31.8 Å². The zero-order valence-corrected chi connectivity index (χ0v) is 10.6. The van der Waals surface area contributed by atoms with Gasteiger partial charge in [0, 0.05) is 24.1 Å². The normalized spacial score (nSPS) is 25.9. The van der Waals surface area contributed by atoms with Crippen molar-refractivity contribution in [3.05, 3.63) is 35.4 Å². The van der Waals surface area contributed by atoms with Gasteiger partial charge < -0.3 is 14.8 Å². The van der Waals surface area contributed by atoms with E-state index in [1.807, 2.05) is 0 Å². The molecule has 2 heterocycles. The average Bonchev–Trinajstić information content (AvgIpc) is 2.38. The second-order valence-corrected chi connectivity index (χ2v) is 5.30. The molecule has 0 saturated carbocycles. The third-order valence-corrected chi connectivity index (χ3v) is 3.88. The Kier molecular flexibility index (Phi) is 3.52. The summed E-state index contributed by atoms with van der Waals surface area (Å²) < 4.78 is 38.3. The summed E-state index contributed by atoms with van der Waals surface area (Å²) in [6.07, 6.45) is 0.681. The lowest BCUT2D eigenvalue weighted by Crippen LogP contribution is -2.52. The van der Waals surface area contributed by atoms with Gasteiger partial charge in [0.1, 0.15) is 11.6 Å². The minimum atomic E-state index is -0.449. The highest BCUT2D eigenvalue weighted by Gasteiger charge is 2.44. The highest BCUT2D eigenvalue weighted by molar-refractivity contribution is 5.30. The van der Waals surface area contributed by atoms with Crippen molar-refractivity contribution >= 4 is 0 Å². The maximum absolute atomic E-state index is 14.0. The SMILES string of the molecule is Fc1ccc(F)c(C2(CC3CNCCO3)COC2)c1. The molecule has 3 rings (SSSR count). The van der Waals surface area contributed by atoms with Crippen molar-refractivity contribution in [1.29, 1.82) is 0 Å². The zero-order chi connectivity index (χ0) is 13.3. The first-order chi connectivity index (χ1) is 9.20. The molecule has 1 unspecified atom stereocenters. The Morgan fingerprint density at radius 2 is 2.16 bits per heavy atom. The van der Waals surface area contributed by atoms with E-state index in [-0.39, 0.29) is 11.9 Å². The summed E-state index contributed by atoms with van der Waals surface area (Å²) in [6.45, 7) is 3.10. The molecular formula is C14H17F2NO2. The van der Waals surface area contributed by atoms with Gasteiger partial charge in [0.25, 0.3) is 0 Å². The number of halogens is 2. The van der Waals surface area contributed by atoms with Crippen LogP contribution in [0.25, 0.3) is 0 Å². The first-order valence-corrected chi connectivity index (χ1v) is 6.55. The van der Waals surface area contributed by atoms with Gasteiger partial charge in [-0.2, -0.15) is 0 Å². The number of morpholine rings is 1. The van der Waals surface area contributed by atoms with Crippen LogP contribution in [0.5, 0.6) is 0 Å². The van der Waals surface area contributed by atoms with Crippen molar-refractivity contribution in [2.24, 2.45) is 0 Å². The second-order valence-electron chi connectivity index (χ2n) is 5.30. The van der Waals surface area contributed by atoms with Crippen LogP contribution >= 0.6 is 0 Å². The summed E-state index contributed by atoms with van der Waals surface area (Å²) in [7, 11) is 0. The van der Waals surface area contributed by atoms with E-state index in [0.717, 1.165) is 19.2 Å². The van der Waals surface area contributed by atoms with Crippen LogP contribution in [0.15, 0.2) is 18.2 Å². The summed E-state index contributed by atoms with van der Waals surface area (Å²) in [4.78, 5) is 0. The van der Waals surface area contributed by atoms with E-state index >= 15 is 0 Å². The third kappa shape index (κ3) is 2.50. The van der Waals surface area contributed by atoms with E-state index in [9.17, 15) is 8.78 Å². The number of rotatable bonds is 3. The Morgan fingerprint density at radius 1 is 1.32 bits per heavy atom.